The molecule has 2 aliphatic carbocycles. The Labute approximate surface area is 203 Å². The summed E-state index contributed by atoms with van der Waals surface area (Å²) in [4.78, 5) is 0. The van der Waals surface area contributed by atoms with Crippen LogP contribution in [0.5, 0.6) is 0 Å². The van der Waals surface area contributed by atoms with Gasteiger partial charge in [-0.1, -0.05) is 87.2 Å². The summed E-state index contributed by atoms with van der Waals surface area (Å²) in [5.74, 6) is 0. The maximum absolute atomic E-state index is 4.33. The first-order valence-electron chi connectivity index (χ1n) is 12.8. The predicted octanol–water partition coefficient (Wildman–Crippen LogP) is 10.3. The predicted molar refractivity (Wildman–Crippen MR) is 140 cm³/mol. The molecule has 0 aliphatic heterocycles. The van der Waals surface area contributed by atoms with Gasteiger partial charge in [-0.05, 0) is 108 Å². The molecule has 0 unspecified atom stereocenters. The van der Waals surface area contributed by atoms with Crippen LogP contribution in [0.3, 0.4) is 0 Å². The summed E-state index contributed by atoms with van der Waals surface area (Å²) >= 11 is 8.66. The second-order valence-corrected chi connectivity index (χ2v) is 12.0. The van der Waals surface area contributed by atoms with Crippen molar-refractivity contribution in [3.63, 3.8) is 0 Å². The molecule has 1 aromatic rings. The number of hydrogen-bond acceptors (Lipinski definition) is 0. The quantitative estimate of drug-likeness (QED) is 0.308. The third kappa shape index (κ3) is 2.94. The second kappa shape index (κ2) is 8.51. The van der Waals surface area contributed by atoms with Crippen molar-refractivity contribution >= 4 is 31.9 Å². The molecule has 0 spiro atoms. The monoisotopic (exact) mass is 538 g/mol. The third-order valence-electron chi connectivity index (χ3n) is 10.3. The van der Waals surface area contributed by atoms with E-state index in [1.54, 1.807) is 22.3 Å². The van der Waals surface area contributed by atoms with Gasteiger partial charge in [-0.3, -0.25) is 0 Å². The Morgan fingerprint density at radius 2 is 0.600 bits per heavy atom. The van der Waals surface area contributed by atoms with Gasteiger partial charge in [0.15, 0.2) is 0 Å². The molecule has 2 heteroatoms. The van der Waals surface area contributed by atoms with Crippen LogP contribution in [0.2, 0.25) is 0 Å². The number of hydrogen-bond donors (Lipinski definition) is 0. The lowest BCUT2D eigenvalue weighted by Crippen LogP contribution is -2.29. The molecule has 0 fully saturated rings. The van der Waals surface area contributed by atoms with Crippen LogP contribution in [0.1, 0.15) is 142 Å². The zero-order chi connectivity index (χ0) is 22.5. The van der Waals surface area contributed by atoms with Crippen LogP contribution in [0.4, 0.5) is 0 Å². The van der Waals surface area contributed by atoms with Gasteiger partial charge < -0.3 is 0 Å². The summed E-state index contributed by atoms with van der Waals surface area (Å²) in [6.45, 7) is 19.4. The van der Waals surface area contributed by atoms with Crippen LogP contribution in [-0.4, -0.2) is 0 Å². The lowest BCUT2D eigenvalue weighted by atomic mass is 9.70. The van der Waals surface area contributed by atoms with Crippen LogP contribution in [0, 0.1) is 0 Å². The van der Waals surface area contributed by atoms with E-state index >= 15 is 0 Å². The molecular formula is C28H44Br2. The van der Waals surface area contributed by atoms with Gasteiger partial charge in [-0.2, -0.15) is 0 Å². The molecular weight excluding hydrogens is 496 g/mol. The lowest BCUT2D eigenvalue weighted by Gasteiger charge is -2.35. The molecule has 0 N–H and O–H groups in total. The first-order chi connectivity index (χ1) is 14.2. The Balaban J connectivity index is 2.55. The number of fused-ring (bicyclic) bond motifs is 2. The maximum Gasteiger partial charge on any atom is 0.0257 e. The molecule has 30 heavy (non-hydrogen) atoms. The molecule has 0 saturated carbocycles. The van der Waals surface area contributed by atoms with Crippen molar-refractivity contribution in [2.45, 2.75) is 141 Å². The zero-order valence-electron chi connectivity index (χ0n) is 20.8. The van der Waals surface area contributed by atoms with Crippen LogP contribution >= 0.6 is 31.9 Å². The summed E-state index contributed by atoms with van der Waals surface area (Å²) in [7, 11) is 0. The Morgan fingerprint density at radius 3 is 0.733 bits per heavy atom. The molecule has 0 aromatic heterocycles. The average molecular weight is 540 g/mol. The minimum Gasteiger partial charge on any atom is -0.0645 e. The third-order valence-corrected chi connectivity index (χ3v) is 11.9. The highest BCUT2D eigenvalue weighted by molar-refractivity contribution is 9.11. The molecule has 2 aliphatic rings. The van der Waals surface area contributed by atoms with Crippen LogP contribution < -0.4 is 0 Å². The highest BCUT2D eigenvalue weighted by Gasteiger charge is 2.57. The van der Waals surface area contributed by atoms with E-state index in [1.165, 1.54) is 73.2 Å². The van der Waals surface area contributed by atoms with Gasteiger partial charge in [-0.15, -0.1) is 0 Å². The molecule has 0 radical (unpaired) electrons. The summed E-state index contributed by atoms with van der Waals surface area (Å²) in [5.41, 5.74) is 7.91. The van der Waals surface area contributed by atoms with E-state index in [0.29, 0.717) is 21.7 Å². The Hall–Kier alpha value is 0.180. The molecule has 0 amide bonds. The Kier molecular flexibility index (Phi) is 7.04. The van der Waals surface area contributed by atoms with Crippen molar-refractivity contribution in [3.05, 3.63) is 31.2 Å². The molecule has 3 rings (SSSR count). The largest absolute Gasteiger partial charge is 0.0645 e. The Bertz CT molecular complexity index is 659. The standard InChI is InChI=1S/C28H44Br2/c1-9-25(10-2)17-26(11-3,12-4)20-19(25)23(29)21-22(24(20)30)28(15-7,16-8)18-27(21,13-5)14-6/h9-18H2,1-8H3. The van der Waals surface area contributed by atoms with Gasteiger partial charge in [0.1, 0.15) is 0 Å². The number of rotatable bonds is 8. The van der Waals surface area contributed by atoms with E-state index in [2.05, 4.69) is 87.2 Å². The molecule has 0 saturated heterocycles. The highest BCUT2D eigenvalue weighted by atomic mass is 79.9. The summed E-state index contributed by atoms with van der Waals surface area (Å²) in [5, 5.41) is 0. The molecule has 1 aromatic carbocycles. The van der Waals surface area contributed by atoms with Gasteiger partial charge in [0.05, 0.1) is 0 Å². The molecule has 0 bridgehead atoms. The van der Waals surface area contributed by atoms with E-state index in [0.717, 1.165) is 0 Å². The Morgan fingerprint density at radius 1 is 0.433 bits per heavy atom. The fourth-order valence-electron chi connectivity index (χ4n) is 7.74. The molecule has 0 heterocycles. The average Bonchev–Trinajstić information content (AvgIpc) is 3.27. The number of halogens is 2. The molecule has 0 atom stereocenters. The summed E-state index contributed by atoms with van der Waals surface area (Å²) < 4.78 is 2.99. The SMILES string of the molecule is CCC1(CC)CC(CC)(CC)c2c(Br)c3c(c(Br)c21)C(CC)(CC)CC3(CC)CC. The molecule has 0 nitrogen and oxygen atoms in total. The van der Waals surface area contributed by atoms with Gasteiger partial charge in [0.25, 0.3) is 0 Å². The van der Waals surface area contributed by atoms with Crippen LogP contribution in [0.15, 0.2) is 8.95 Å². The maximum atomic E-state index is 4.33. The highest BCUT2D eigenvalue weighted by Crippen LogP contribution is 2.67. The van der Waals surface area contributed by atoms with Crippen molar-refractivity contribution in [1.29, 1.82) is 0 Å². The smallest absolute Gasteiger partial charge is 0.0257 e. The van der Waals surface area contributed by atoms with Crippen LogP contribution in [0.25, 0.3) is 0 Å². The van der Waals surface area contributed by atoms with Gasteiger partial charge in [0.2, 0.25) is 0 Å². The van der Waals surface area contributed by atoms with Gasteiger partial charge >= 0.3 is 0 Å². The van der Waals surface area contributed by atoms with E-state index in [1.807, 2.05) is 0 Å². The van der Waals surface area contributed by atoms with Crippen molar-refractivity contribution in [2.75, 3.05) is 0 Å². The zero-order valence-corrected chi connectivity index (χ0v) is 24.0. The van der Waals surface area contributed by atoms with Crippen molar-refractivity contribution in [3.8, 4) is 0 Å². The fourth-order valence-corrected chi connectivity index (χ4v) is 10.2. The first kappa shape index (κ1) is 24.8. The number of benzene rings is 1. The fraction of sp³-hybridized carbons (Fsp3) is 0.786. The van der Waals surface area contributed by atoms with Crippen molar-refractivity contribution in [2.24, 2.45) is 0 Å². The van der Waals surface area contributed by atoms with Gasteiger partial charge in [-0.25, -0.2) is 0 Å². The lowest BCUT2D eigenvalue weighted by molar-refractivity contribution is 0.276. The summed E-state index contributed by atoms with van der Waals surface area (Å²) in [6, 6.07) is 0. The van der Waals surface area contributed by atoms with Crippen molar-refractivity contribution in [1.82, 2.24) is 0 Å². The summed E-state index contributed by atoms with van der Waals surface area (Å²) in [6.07, 6.45) is 12.5. The van der Waals surface area contributed by atoms with E-state index in [4.69, 9.17) is 0 Å². The topological polar surface area (TPSA) is 0 Å². The van der Waals surface area contributed by atoms with Gasteiger partial charge in [0, 0.05) is 8.95 Å². The minimum atomic E-state index is 0.300. The van der Waals surface area contributed by atoms with Crippen molar-refractivity contribution < 1.29 is 0 Å². The molecule has 170 valence electrons. The minimum absolute atomic E-state index is 0.300. The van der Waals surface area contributed by atoms with E-state index < -0.39 is 0 Å². The van der Waals surface area contributed by atoms with Crippen LogP contribution in [-0.2, 0) is 21.7 Å². The first-order valence-corrected chi connectivity index (χ1v) is 14.4. The van der Waals surface area contributed by atoms with E-state index in [-0.39, 0.29) is 0 Å². The second-order valence-electron chi connectivity index (χ2n) is 10.4. The van der Waals surface area contributed by atoms with E-state index in [9.17, 15) is 0 Å². The normalized spacial score (nSPS) is 22.2.